The molecular weight excluding hydrogens is 420 g/mol. The first-order chi connectivity index (χ1) is 14.5. The highest BCUT2D eigenvalue weighted by Gasteiger charge is 2.27. The Bertz CT molecular complexity index is 995. The second-order valence-corrected chi connectivity index (χ2v) is 9.19. The first kappa shape index (κ1) is 20.9. The molecule has 0 heterocycles. The minimum Gasteiger partial charge on any atom is -0.491 e. The first-order valence-electron chi connectivity index (χ1n) is 10.2. The summed E-state index contributed by atoms with van der Waals surface area (Å²) in [6.45, 7) is 0.628. The number of benzene rings is 2. The van der Waals surface area contributed by atoms with E-state index in [0.717, 1.165) is 23.3 Å². The van der Waals surface area contributed by atoms with Crippen molar-refractivity contribution < 1.29 is 14.6 Å². The Kier molecular flexibility index (Phi) is 6.40. The monoisotopic (exact) mass is 442 g/mol. The Morgan fingerprint density at radius 2 is 2.00 bits per heavy atom. The van der Waals surface area contributed by atoms with Crippen LogP contribution in [0.25, 0.3) is 0 Å². The lowest BCUT2D eigenvalue weighted by Gasteiger charge is -2.17. The molecule has 5 nitrogen and oxygen atoms in total. The van der Waals surface area contributed by atoms with Crippen LogP contribution in [0.2, 0.25) is 5.02 Å². The predicted octanol–water partition coefficient (Wildman–Crippen LogP) is 6.48. The third-order valence-corrected chi connectivity index (χ3v) is 6.90. The van der Waals surface area contributed by atoms with Gasteiger partial charge in [-0.1, -0.05) is 30.5 Å². The van der Waals surface area contributed by atoms with Gasteiger partial charge in [0.2, 0.25) is 0 Å². The number of nitrogens with zero attached hydrogens (tertiary/aromatic N) is 1. The van der Waals surface area contributed by atoms with Crippen LogP contribution in [-0.2, 0) is 0 Å². The highest BCUT2D eigenvalue weighted by Crippen LogP contribution is 2.45. The highest BCUT2D eigenvalue weighted by atomic mass is 35.5. The van der Waals surface area contributed by atoms with E-state index in [1.165, 1.54) is 37.6 Å². The molecule has 0 unspecified atom stereocenters. The summed E-state index contributed by atoms with van der Waals surface area (Å²) in [5.41, 5.74) is 2.45. The van der Waals surface area contributed by atoms with Crippen molar-refractivity contribution in [3.05, 3.63) is 52.0 Å². The molecule has 2 aromatic carbocycles. The average Bonchev–Trinajstić information content (AvgIpc) is 3.46. The standard InChI is InChI=1S/C23H23ClN2O3S/c24-19-11-21(29-13-14-3-1-2-4-14)20(9-17(19)12-25)26-30-22-10-16(23(27)28)7-8-18(22)15-5-6-15/h7-11,14-15,26H,1-6,13H2,(H,27,28). The molecule has 2 aliphatic carbocycles. The third-order valence-electron chi connectivity index (χ3n) is 5.69. The van der Waals surface area contributed by atoms with Gasteiger partial charge in [-0.3, -0.25) is 0 Å². The Labute approximate surface area is 185 Å². The summed E-state index contributed by atoms with van der Waals surface area (Å²) < 4.78 is 9.36. The fourth-order valence-electron chi connectivity index (χ4n) is 3.82. The van der Waals surface area contributed by atoms with Gasteiger partial charge in [-0.25, -0.2) is 4.79 Å². The number of carbonyl (C=O) groups is 1. The van der Waals surface area contributed by atoms with E-state index in [9.17, 15) is 15.2 Å². The number of anilines is 1. The summed E-state index contributed by atoms with van der Waals surface area (Å²) in [6, 6.07) is 10.8. The van der Waals surface area contributed by atoms with Gasteiger partial charge in [-0.15, -0.1) is 0 Å². The molecule has 2 aliphatic rings. The van der Waals surface area contributed by atoms with Crippen LogP contribution in [0.1, 0.15) is 65.9 Å². The van der Waals surface area contributed by atoms with Gasteiger partial charge in [-0.05, 0) is 73.2 Å². The van der Waals surface area contributed by atoms with E-state index in [-0.39, 0.29) is 5.56 Å². The average molecular weight is 443 g/mol. The van der Waals surface area contributed by atoms with E-state index >= 15 is 0 Å². The van der Waals surface area contributed by atoms with Crippen molar-refractivity contribution >= 4 is 35.2 Å². The Morgan fingerprint density at radius 3 is 2.67 bits per heavy atom. The molecule has 7 heteroatoms. The number of ether oxygens (including phenoxy) is 1. The summed E-state index contributed by atoms with van der Waals surface area (Å²) in [6.07, 6.45) is 7.08. The van der Waals surface area contributed by atoms with Crippen LogP contribution in [0.5, 0.6) is 5.75 Å². The van der Waals surface area contributed by atoms with Crippen molar-refractivity contribution in [3.8, 4) is 11.8 Å². The van der Waals surface area contributed by atoms with E-state index in [0.29, 0.717) is 40.5 Å². The maximum absolute atomic E-state index is 11.4. The van der Waals surface area contributed by atoms with Crippen molar-refractivity contribution in [3.63, 3.8) is 0 Å². The van der Waals surface area contributed by atoms with E-state index in [1.807, 2.05) is 6.07 Å². The molecule has 0 aromatic heterocycles. The van der Waals surface area contributed by atoms with Crippen LogP contribution >= 0.6 is 23.5 Å². The van der Waals surface area contributed by atoms with Gasteiger partial charge in [0.15, 0.2) is 0 Å². The normalized spacial score (nSPS) is 16.3. The minimum atomic E-state index is -0.946. The second kappa shape index (κ2) is 9.20. The van der Waals surface area contributed by atoms with Gasteiger partial charge in [-0.2, -0.15) is 5.26 Å². The number of halogens is 1. The largest absolute Gasteiger partial charge is 0.491 e. The van der Waals surface area contributed by atoms with Gasteiger partial charge in [0.05, 0.1) is 28.4 Å². The van der Waals surface area contributed by atoms with Gasteiger partial charge in [0.25, 0.3) is 0 Å². The molecule has 0 atom stereocenters. The number of nitriles is 1. The maximum Gasteiger partial charge on any atom is 0.335 e. The number of hydrogen-bond acceptors (Lipinski definition) is 5. The zero-order valence-corrected chi connectivity index (χ0v) is 18.1. The number of nitrogens with one attached hydrogen (secondary N) is 1. The summed E-state index contributed by atoms with van der Waals surface area (Å²) in [5.74, 6) is 0.697. The van der Waals surface area contributed by atoms with Gasteiger partial charge in [0, 0.05) is 11.0 Å². The van der Waals surface area contributed by atoms with E-state index in [1.54, 1.807) is 24.3 Å². The van der Waals surface area contributed by atoms with Crippen molar-refractivity contribution in [2.24, 2.45) is 5.92 Å². The number of aromatic carboxylic acids is 1. The number of carboxylic acids is 1. The zero-order valence-electron chi connectivity index (χ0n) is 16.5. The molecule has 4 rings (SSSR count). The van der Waals surface area contributed by atoms with Crippen molar-refractivity contribution in [2.75, 3.05) is 11.3 Å². The lowest BCUT2D eigenvalue weighted by Crippen LogP contribution is -2.09. The molecule has 2 aromatic rings. The fourth-order valence-corrected chi connectivity index (χ4v) is 4.94. The summed E-state index contributed by atoms with van der Waals surface area (Å²) >= 11 is 7.59. The van der Waals surface area contributed by atoms with Gasteiger partial charge in [0.1, 0.15) is 11.8 Å². The molecule has 0 radical (unpaired) electrons. The molecular formula is C23H23ClN2O3S. The van der Waals surface area contributed by atoms with Crippen LogP contribution in [-0.4, -0.2) is 17.7 Å². The number of hydrogen-bond donors (Lipinski definition) is 2. The van der Waals surface area contributed by atoms with Crippen molar-refractivity contribution in [1.29, 1.82) is 5.26 Å². The zero-order chi connectivity index (χ0) is 21.1. The molecule has 2 saturated carbocycles. The SMILES string of the molecule is N#Cc1cc(NSc2cc(C(=O)O)ccc2C2CC2)c(OCC2CCCC2)cc1Cl. The van der Waals surface area contributed by atoms with Crippen LogP contribution in [0, 0.1) is 17.2 Å². The molecule has 156 valence electrons. The molecule has 0 aliphatic heterocycles. The molecule has 2 N–H and O–H groups in total. The first-order valence-corrected chi connectivity index (χ1v) is 11.4. The van der Waals surface area contributed by atoms with Crippen LogP contribution in [0.15, 0.2) is 35.2 Å². The van der Waals surface area contributed by atoms with E-state index < -0.39 is 5.97 Å². The molecule has 0 amide bonds. The third kappa shape index (κ3) is 4.85. The molecule has 2 fully saturated rings. The van der Waals surface area contributed by atoms with Crippen LogP contribution in [0.3, 0.4) is 0 Å². The summed E-state index contributed by atoms with van der Waals surface area (Å²) in [5, 5.41) is 19.1. The Hall–Kier alpha value is -2.36. The van der Waals surface area contributed by atoms with Crippen molar-refractivity contribution in [1.82, 2.24) is 0 Å². The lowest BCUT2D eigenvalue weighted by molar-refractivity contribution is 0.0696. The van der Waals surface area contributed by atoms with Gasteiger partial charge < -0.3 is 14.6 Å². The molecule has 0 spiro atoms. The highest BCUT2D eigenvalue weighted by molar-refractivity contribution is 8.00. The minimum absolute atomic E-state index is 0.259. The summed E-state index contributed by atoms with van der Waals surface area (Å²) in [4.78, 5) is 12.3. The lowest BCUT2D eigenvalue weighted by atomic mass is 10.1. The number of carboxylic acid groups (broad SMARTS) is 1. The quantitative estimate of drug-likeness (QED) is 0.455. The predicted molar refractivity (Wildman–Crippen MR) is 118 cm³/mol. The molecule has 0 bridgehead atoms. The van der Waals surface area contributed by atoms with E-state index in [4.69, 9.17) is 16.3 Å². The molecule has 30 heavy (non-hydrogen) atoms. The topological polar surface area (TPSA) is 82.4 Å². The van der Waals surface area contributed by atoms with E-state index in [2.05, 4.69) is 10.8 Å². The fraction of sp³-hybridized carbons (Fsp3) is 0.391. The van der Waals surface area contributed by atoms with Crippen LogP contribution in [0.4, 0.5) is 5.69 Å². The van der Waals surface area contributed by atoms with Crippen LogP contribution < -0.4 is 9.46 Å². The summed E-state index contributed by atoms with van der Waals surface area (Å²) in [7, 11) is 0. The second-order valence-electron chi connectivity index (χ2n) is 7.94. The Balaban J connectivity index is 1.56. The number of rotatable bonds is 8. The van der Waals surface area contributed by atoms with Crippen molar-refractivity contribution in [2.45, 2.75) is 49.3 Å². The maximum atomic E-state index is 11.4. The Morgan fingerprint density at radius 1 is 1.23 bits per heavy atom. The smallest absolute Gasteiger partial charge is 0.335 e. The van der Waals surface area contributed by atoms with Gasteiger partial charge >= 0.3 is 5.97 Å². The molecule has 0 saturated heterocycles.